The van der Waals surface area contributed by atoms with Crippen molar-refractivity contribution in [3.63, 3.8) is 0 Å². The van der Waals surface area contributed by atoms with Crippen molar-refractivity contribution in [3.05, 3.63) is 29.8 Å². The lowest BCUT2D eigenvalue weighted by molar-refractivity contribution is 0.317. The van der Waals surface area contributed by atoms with E-state index in [1.54, 1.807) is 11.8 Å². The molecule has 0 aromatic heterocycles. The summed E-state index contributed by atoms with van der Waals surface area (Å²) in [6.07, 6.45) is 0. The zero-order chi connectivity index (χ0) is 10.6. The van der Waals surface area contributed by atoms with E-state index in [4.69, 9.17) is 10.9 Å². The number of oxime groups is 1. The van der Waals surface area contributed by atoms with E-state index in [1.165, 1.54) is 5.56 Å². The average Bonchev–Trinajstić information content (AvgIpc) is 2.20. The standard InChI is InChI=1S/C10H14N2OS/c1-7-5-3-4-6-9(7)14-8(2)10(11)12-13/h3-6,8,13H,1-2H3,(H2,11,12). The summed E-state index contributed by atoms with van der Waals surface area (Å²) in [6.45, 7) is 3.95. The van der Waals surface area contributed by atoms with E-state index >= 15 is 0 Å². The van der Waals surface area contributed by atoms with Gasteiger partial charge in [-0.1, -0.05) is 23.4 Å². The van der Waals surface area contributed by atoms with Crippen molar-refractivity contribution < 1.29 is 5.21 Å². The van der Waals surface area contributed by atoms with Gasteiger partial charge >= 0.3 is 0 Å². The molecule has 0 amide bonds. The van der Waals surface area contributed by atoms with E-state index in [2.05, 4.69) is 5.16 Å². The van der Waals surface area contributed by atoms with Crippen LogP contribution in [0.2, 0.25) is 0 Å². The van der Waals surface area contributed by atoms with E-state index in [0.717, 1.165) is 4.90 Å². The number of nitrogens with zero attached hydrogens (tertiary/aromatic N) is 1. The smallest absolute Gasteiger partial charge is 0.152 e. The molecule has 0 bridgehead atoms. The molecule has 0 spiro atoms. The molecule has 1 unspecified atom stereocenters. The molecule has 0 aliphatic heterocycles. The Morgan fingerprint density at radius 2 is 2.14 bits per heavy atom. The third-order valence-electron chi connectivity index (χ3n) is 1.93. The maximum absolute atomic E-state index is 8.50. The fraction of sp³-hybridized carbons (Fsp3) is 0.300. The van der Waals surface area contributed by atoms with Gasteiger partial charge in [0.1, 0.15) is 0 Å². The summed E-state index contributed by atoms with van der Waals surface area (Å²) >= 11 is 1.59. The van der Waals surface area contributed by atoms with Gasteiger partial charge in [0.05, 0.1) is 5.25 Å². The Hall–Kier alpha value is -1.16. The third kappa shape index (κ3) is 2.67. The van der Waals surface area contributed by atoms with Gasteiger partial charge in [0, 0.05) is 4.90 Å². The molecule has 0 aliphatic carbocycles. The molecule has 0 radical (unpaired) electrons. The van der Waals surface area contributed by atoms with Crippen LogP contribution in [0.1, 0.15) is 12.5 Å². The summed E-state index contributed by atoms with van der Waals surface area (Å²) < 4.78 is 0. The van der Waals surface area contributed by atoms with Crippen LogP contribution < -0.4 is 5.73 Å². The number of hydrogen-bond acceptors (Lipinski definition) is 3. The van der Waals surface area contributed by atoms with Crippen LogP contribution in [-0.2, 0) is 0 Å². The topological polar surface area (TPSA) is 58.6 Å². The first kappa shape index (κ1) is 10.9. The van der Waals surface area contributed by atoms with Crippen molar-refractivity contribution in [1.29, 1.82) is 0 Å². The van der Waals surface area contributed by atoms with Gasteiger partial charge in [-0.3, -0.25) is 0 Å². The van der Waals surface area contributed by atoms with Gasteiger partial charge in [0.15, 0.2) is 5.84 Å². The number of thioether (sulfide) groups is 1. The van der Waals surface area contributed by atoms with Crippen molar-refractivity contribution in [2.75, 3.05) is 0 Å². The first-order chi connectivity index (χ1) is 6.65. The number of benzene rings is 1. The van der Waals surface area contributed by atoms with Gasteiger partial charge in [-0.05, 0) is 25.5 Å². The highest BCUT2D eigenvalue weighted by Crippen LogP contribution is 2.26. The molecule has 1 aromatic rings. The molecule has 4 heteroatoms. The van der Waals surface area contributed by atoms with E-state index in [0.29, 0.717) is 0 Å². The number of amidine groups is 1. The Balaban J connectivity index is 2.74. The third-order valence-corrected chi connectivity index (χ3v) is 3.24. The molecule has 76 valence electrons. The van der Waals surface area contributed by atoms with Crippen LogP contribution in [0, 0.1) is 6.92 Å². The minimum atomic E-state index is -0.0129. The Labute approximate surface area is 88.0 Å². The summed E-state index contributed by atoms with van der Waals surface area (Å²) in [5.41, 5.74) is 6.70. The van der Waals surface area contributed by atoms with Crippen LogP contribution in [-0.4, -0.2) is 16.3 Å². The van der Waals surface area contributed by atoms with Crippen molar-refractivity contribution in [2.24, 2.45) is 10.9 Å². The fourth-order valence-electron chi connectivity index (χ4n) is 1.02. The normalized spacial score (nSPS) is 14.0. The lowest BCUT2D eigenvalue weighted by Crippen LogP contribution is -2.23. The minimum Gasteiger partial charge on any atom is -0.409 e. The minimum absolute atomic E-state index is 0.0129. The van der Waals surface area contributed by atoms with Gasteiger partial charge in [-0.15, -0.1) is 11.8 Å². The summed E-state index contributed by atoms with van der Waals surface area (Å²) in [4.78, 5) is 1.16. The lowest BCUT2D eigenvalue weighted by Gasteiger charge is -2.10. The molecule has 0 aliphatic rings. The van der Waals surface area contributed by atoms with Crippen molar-refractivity contribution in [2.45, 2.75) is 24.0 Å². The quantitative estimate of drug-likeness (QED) is 0.264. The van der Waals surface area contributed by atoms with Gasteiger partial charge in [0.2, 0.25) is 0 Å². The van der Waals surface area contributed by atoms with Crippen molar-refractivity contribution in [3.8, 4) is 0 Å². The monoisotopic (exact) mass is 210 g/mol. The predicted octanol–water partition coefficient (Wildman–Crippen LogP) is 2.22. The Kier molecular flexibility index (Phi) is 3.83. The molecule has 1 rings (SSSR count). The van der Waals surface area contributed by atoms with Crippen LogP contribution in [0.15, 0.2) is 34.3 Å². The molecule has 3 N–H and O–H groups in total. The van der Waals surface area contributed by atoms with Gasteiger partial charge in [-0.25, -0.2) is 0 Å². The number of aryl methyl sites for hydroxylation is 1. The summed E-state index contributed by atoms with van der Waals surface area (Å²) in [5, 5.41) is 11.5. The van der Waals surface area contributed by atoms with Crippen LogP contribution in [0.4, 0.5) is 0 Å². The zero-order valence-electron chi connectivity index (χ0n) is 8.27. The average molecular weight is 210 g/mol. The highest BCUT2D eigenvalue weighted by molar-refractivity contribution is 8.00. The molecule has 0 fully saturated rings. The molecule has 0 heterocycles. The highest BCUT2D eigenvalue weighted by Gasteiger charge is 2.10. The van der Waals surface area contributed by atoms with E-state index in [9.17, 15) is 0 Å². The van der Waals surface area contributed by atoms with Crippen LogP contribution in [0.5, 0.6) is 0 Å². The molecular formula is C10H14N2OS. The molecule has 1 aromatic carbocycles. The van der Waals surface area contributed by atoms with E-state index in [-0.39, 0.29) is 11.1 Å². The highest BCUT2D eigenvalue weighted by atomic mass is 32.2. The second-order valence-electron chi connectivity index (χ2n) is 3.05. The number of rotatable bonds is 3. The first-order valence-corrected chi connectivity index (χ1v) is 5.23. The molecular weight excluding hydrogens is 196 g/mol. The SMILES string of the molecule is Cc1ccccc1SC(C)C(N)=NO. The number of hydrogen-bond donors (Lipinski definition) is 2. The van der Waals surface area contributed by atoms with E-state index in [1.807, 2.05) is 38.1 Å². The second-order valence-corrected chi connectivity index (χ2v) is 4.43. The van der Waals surface area contributed by atoms with Crippen molar-refractivity contribution in [1.82, 2.24) is 0 Å². The second kappa shape index (κ2) is 4.91. The predicted molar refractivity (Wildman–Crippen MR) is 59.9 cm³/mol. The first-order valence-electron chi connectivity index (χ1n) is 4.35. The summed E-state index contributed by atoms with van der Waals surface area (Å²) in [6, 6.07) is 8.05. The summed E-state index contributed by atoms with van der Waals surface area (Å²) in [5.74, 6) is 0.248. The maximum Gasteiger partial charge on any atom is 0.152 e. The summed E-state index contributed by atoms with van der Waals surface area (Å²) in [7, 11) is 0. The van der Waals surface area contributed by atoms with Crippen molar-refractivity contribution >= 4 is 17.6 Å². The maximum atomic E-state index is 8.50. The largest absolute Gasteiger partial charge is 0.409 e. The molecule has 14 heavy (non-hydrogen) atoms. The van der Waals surface area contributed by atoms with Gasteiger partial charge in [0.25, 0.3) is 0 Å². The fourth-order valence-corrected chi connectivity index (χ4v) is 1.98. The lowest BCUT2D eigenvalue weighted by atomic mass is 10.2. The molecule has 3 nitrogen and oxygen atoms in total. The van der Waals surface area contributed by atoms with Gasteiger partial charge < -0.3 is 10.9 Å². The van der Waals surface area contributed by atoms with Gasteiger partial charge in [-0.2, -0.15) is 0 Å². The zero-order valence-corrected chi connectivity index (χ0v) is 9.08. The Morgan fingerprint density at radius 3 is 2.71 bits per heavy atom. The Bertz CT molecular complexity index is 339. The van der Waals surface area contributed by atoms with Crippen LogP contribution >= 0.6 is 11.8 Å². The molecule has 0 saturated carbocycles. The van der Waals surface area contributed by atoms with Crippen LogP contribution in [0.3, 0.4) is 0 Å². The molecule has 1 atom stereocenters. The van der Waals surface area contributed by atoms with Crippen LogP contribution in [0.25, 0.3) is 0 Å². The van der Waals surface area contributed by atoms with E-state index < -0.39 is 0 Å². The molecule has 0 saturated heterocycles. The Morgan fingerprint density at radius 1 is 1.50 bits per heavy atom. The number of nitrogens with two attached hydrogens (primary N) is 1.